The van der Waals surface area contributed by atoms with E-state index in [0.717, 1.165) is 11.5 Å². The second-order valence-electron chi connectivity index (χ2n) is 5.71. The number of hydrogen-bond acceptors (Lipinski definition) is 6. The standard InChI is InChI=1S/C11H18N2O3S2Si/c1-8(2)18(14,15)11-9(6-12)10(13-17-11)16-7-19(3,4)5/h8H,7H2,1-5H3. The van der Waals surface area contributed by atoms with Gasteiger partial charge in [-0.25, -0.2) is 8.42 Å². The zero-order valence-corrected chi connectivity index (χ0v) is 14.4. The molecule has 0 unspecified atom stereocenters. The van der Waals surface area contributed by atoms with E-state index < -0.39 is 23.2 Å². The Hall–Kier alpha value is -0.913. The Morgan fingerprint density at radius 1 is 1.42 bits per heavy atom. The predicted octanol–water partition coefficient (Wildman–Crippen LogP) is 2.45. The van der Waals surface area contributed by atoms with Gasteiger partial charge in [-0.15, -0.1) is 0 Å². The highest BCUT2D eigenvalue weighted by Crippen LogP contribution is 2.31. The van der Waals surface area contributed by atoms with E-state index in [1.165, 1.54) is 0 Å². The molecule has 0 fully saturated rings. The maximum atomic E-state index is 12.1. The third-order valence-corrected chi connectivity index (χ3v) is 6.78. The highest BCUT2D eigenvalue weighted by molar-refractivity contribution is 7.94. The first-order chi connectivity index (χ1) is 8.59. The first-order valence-electron chi connectivity index (χ1n) is 5.86. The average molecular weight is 318 g/mol. The topological polar surface area (TPSA) is 80.1 Å². The molecule has 0 aromatic carbocycles. The summed E-state index contributed by atoms with van der Waals surface area (Å²) in [5.41, 5.74) is 0.0388. The lowest BCUT2D eigenvalue weighted by Gasteiger charge is -2.15. The van der Waals surface area contributed by atoms with E-state index in [-0.39, 0.29) is 15.7 Å². The third kappa shape index (κ3) is 3.78. The van der Waals surface area contributed by atoms with Gasteiger partial charge < -0.3 is 4.74 Å². The van der Waals surface area contributed by atoms with Crippen molar-refractivity contribution in [2.75, 3.05) is 6.23 Å². The molecular weight excluding hydrogens is 300 g/mol. The van der Waals surface area contributed by atoms with Gasteiger partial charge in [-0.05, 0) is 25.4 Å². The minimum Gasteiger partial charge on any atom is -0.480 e. The fraction of sp³-hybridized carbons (Fsp3) is 0.636. The Balaban J connectivity index is 3.14. The summed E-state index contributed by atoms with van der Waals surface area (Å²) in [5.74, 6) is 0.147. The Labute approximate surface area is 119 Å². The van der Waals surface area contributed by atoms with Crippen LogP contribution in [0.5, 0.6) is 5.88 Å². The van der Waals surface area contributed by atoms with Gasteiger partial charge in [-0.3, -0.25) is 0 Å². The summed E-state index contributed by atoms with van der Waals surface area (Å²) in [4.78, 5) is 0. The van der Waals surface area contributed by atoms with Gasteiger partial charge in [0.1, 0.15) is 11.6 Å². The Kier molecular flexibility index (Phi) is 4.76. The van der Waals surface area contributed by atoms with E-state index in [1.54, 1.807) is 13.8 Å². The van der Waals surface area contributed by atoms with Gasteiger partial charge in [0.05, 0.1) is 19.6 Å². The summed E-state index contributed by atoms with van der Waals surface area (Å²) in [6, 6.07) is 1.90. The maximum Gasteiger partial charge on any atom is 0.244 e. The molecule has 0 amide bonds. The Bertz CT molecular complexity index is 594. The second-order valence-corrected chi connectivity index (χ2v) is 14.6. The Morgan fingerprint density at radius 2 is 2.00 bits per heavy atom. The number of sulfone groups is 1. The number of nitriles is 1. The van der Waals surface area contributed by atoms with Crippen LogP contribution in [0.15, 0.2) is 4.21 Å². The van der Waals surface area contributed by atoms with E-state index in [1.807, 2.05) is 6.07 Å². The van der Waals surface area contributed by atoms with Gasteiger partial charge in [0.2, 0.25) is 5.88 Å². The highest BCUT2D eigenvalue weighted by Gasteiger charge is 2.29. The molecule has 1 heterocycles. The molecule has 106 valence electrons. The van der Waals surface area contributed by atoms with Crippen molar-refractivity contribution in [3.63, 3.8) is 0 Å². The smallest absolute Gasteiger partial charge is 0.244 e. The van der Waals surface area contributed by atoms with E-state index >= 15 is 0 Å². The number of ether oxygens (including phenoxy) is 1. The van der Waals surface area contributed by atoms with Crippen molar-refractivity contribution in [1.82, 2.24) is 4.37 Å². The van der Waals surface area contributed by atoms with Crippen LogP contribution in [0.4, 0.5) is 0 Å². The van der Waals surface area contributed by atoms with Crippen molar-refractivity contribution in [2.45, 2.75) is 42.9 Å². The SMILES string of the molecule is CC(C)S(=O)(=O)c1snc(OC[Si](C)(C)C)c1C#N. The first kappa shape index (κ1) is 16.1. The van der Waals surface area contributed by atoms with Crippen molar-refractivity contribution < 1.29 is 13.2 Å². The lowest BCUT2D eigenvalue weighted by Crippen LogP contribution is -2.30. The van der Waals surface area contributed by atoms with Crippen LogP contribution >= 0.6 is 11.5 Å². The quantitative estimate of drug-likeness (QED) is 0.779. The number of aromatic nitrogens is 1. The highest BCUT2D eigenvalue weighted by atomic mass is 32.2. The molecule has 0 saturated carbocycles. The molecule has 1 aromatic heterocycles. The van der Waals surface area contributed by atoms with E-state index in [9.17, 15) is 8.42 Å². The molecule has 19 heavy (non-hydrogen) atoms. The van der Waals surface area contributed by atoms with Crippen molar-refractivity contribution in [2.24, 2.45) is 0 Å². The Morgan fingerprint density at radius 3 is 2.42 bits per heavy atom. The molecule has 5 nitrogen and oxygen atoms in total. The van der Waals surface area contributed by atoms with E-state index in [2.05, 4.69) is 24.0 Å². The normalized spacial score (nSPS) is 12.5. The fourth-order valence-corrected chi connectivity index (χ4v) is 4.20. The van der Waals surface area contributed by atoms with Crippen LogP contribution in [0, 0.1) is 11.3 Å². The monoisotopic (exact) mass is 318 g/mol. The molecule has 0 aliphatic heterocycles. The molecule has 0 saturated heterocycles. The molecule has 0 bridgehead atoms. The van der Waals surface area contributed by atoms with Crippen molar-refractivity contribution >= 4 is 29.4 Å². The van der Waals surface area contributed by atoms with Crippen LogP contribution in [-0.2, 0) is 9.84 Å². The summed E-state index contributed by atoms with van der Waals surface area (Å²) >= 11 is 0.817. The molecule has 0 aliphatic rings. The van der Waals surface area contributed by atoms with Gasteiger partial charge in [0.25, 0.3) is 0 Å². The zero-order valence-electron chi connectivity index (χ0n) is 11.7. The largest absolute Gasteiger partial charge is 0.480 e. The van der Waals surface area contributed by atoms with Crippen LogP contribution in [0.25, 0.3) is 0 Å². The van der Waals surface area contributed by atoms with Gasteiger partial charge >= 0.3 is 0 Å². The minimum absolute atomic E-state index is 0.00979. The van der Waals surface area contributed by atoms with Crippen LogP contribution < -0.4 is 4.74 Å². The molecule has 8 heteroatoms. The van der Waals surface area contributed by atoms with Gasteiger partial charge in [-0.1, -0.05) is 19.6 Å². The number of rotatable bonds is 5. The lowest BCUT2D eigenvalue weighted by atomic mass is 10.4. The number of hydrogen-bond donors (Lipinski definition) is 0. The van der Waals surface area contributed by atoms with Crippen molar-refractivity contribution in [3.05, 3.63) is 5.56 Å². The van der Waals surface area contributed by atoms with Crippen LogP contribution in [-0.4, -0.2) is 32.3 Å². The molecule has 0 aliphatic carbocycles. The second kappa shape index (κ2) is 5.61. The molecular formula is C11H18N2O3S2Si. The lowest BCUT2D eigenvalue weighted by molar-refractivity contribution is 0.365. The molecule has 0 radical (unpaired) electrons. The molecule has 1 aromatic rings. The summed E-state index contributed by atoms with van der Waals surface area (Å²) < 4.78 is 33.7. The fourth-order valence-electron chi connectivity index (χ4n) is 1.15. The van der Waals surface area contributed by atoms with Gasteiger partial charge in [0.15, 0.2) is 14.0 Å². The van der Waals surface area contributed by atoms with Gasteiger partial charge in [-0.2, -0.15) is 9.64 Å². The average Bonchev–Trinajstić information content (AvgIpc) is 2.68. The number of nitrogens with zero attached hydrogens (tertiary/aromatic N) is 2. The van der Waals surface area contributed by atoms with Crippen LogP contribution in [0.1, 0.15) is 19.4 Å². The molecule has 0 N–H and O–H groups in total. The third-order valence-electron chi connectivity index (χ3n) is 2.26. The summed E-state index contributed by atoms with van der Waals surface area (Å²) in [5, 5.41) is 8.57. The summed E-state index contributed by atoms with van der Waals surface area (Å²) in [6.45, 7) is 9.53. The van der Waals surface area contributed by atoms with E-state index in [4.69, 9.17) is 10.00 Å². The van der Waals surface area contributed by atoms with Crippen molar-refractivity contribution in [3.8, 4) is 11.9 Å². The van der Waals surface area contributed by atoms with Crippen LogP contribution in [0.2, 0.25) is 19.6 Å². The zero-order chi connectivity index (χ0) is 14.8. The first-order valence-corrected chi connectivity index (χ1v) is 11.9. The van der Waals surface area contributed by atoms with Gasteiger partial charge in [0, 0.05) is 0 Å². The molecule has 0 atom stereocenters. The molecule has 0 spiro atoms. The maximum absolute atomic E-state index is 12.1. The molecule has 1 rings (SSSR count). The summed E-state index contributed by atoms with van der Waals surface area (Å²) in [6.07, 6.45) is 0.507. The van der Waals surface area contributed by atoms with E-state index in [0.29, 0.717) is 6.23 Å². The van der Waals surface area contributed by atoms with Crippen molar-refractivity contribution in [1.29, 1.82) is 5.26 Å². The minimum atomic E-state index is -3.49. The predicted molar refractivity (Wildman–Crippen MR) is 78.0 cm³/mol. The van der Waals surface area contributed by atoms with Crippen LogP contribution in [0.3, 0.4) is 0 Å². The summed E-state index contributed by atoms with van der Waals surface area (Å²) in [7, 11) is -4.94.